The molecule has 26 heavy (non-hydrogen) atoms. The first-order valence-corrected chi connectivity index (χ1v) is 9.27. The summed E-state index contributed by atoms with van der Waals surface area (Å²) in [5.74, 6) is -0.152. The number of rotatable bonds is 6. The summed E-state index contributed by atoms with van der Waals surface area (Å²) in [4.78, 5) is 14.4. The van der Waals surface area contributed by atoms with Crippen LogP contribution in [0, 0.1) is 0 Å². The third kappa shape index (κ3) is 4.14. The summed E-state index contributed by atoms with van der Waals surface area (Å²) >= 11 is 3.40. The highest BCUT2D eigenvalue weighted by atomic mass is 79.9. The number of hydrazone groups is 1. The largest absolute Gasteiger partial charge is 0.451 e. The third-order valence-corrected chi connectivity index (χ3v) is 4.60. The molecule has 6 heteroatoms. The SMILES string of the molecule is CCN(CC)c1ccc(/C=N/NC(=O)c2cc3cc(Br)ccc3o2)cc1. The molecule has 3 aromatic rings. The lowest BCUT2D eigenvalue weighted by atomic mass is 10.2. The Balaban J connectivity index is 1.64. The fourth-order valence-corrected chi connectivity index (χ4v) is 3.09. The smallest absolute Gasteiger partial charge is 0.307 e. The van der Waals surface area contributed by atoms with Crippen molar-refractivity contribution < 1.29 is 9.21 Å². The Morgan fingerprint density at radius 3 is 2.58 bits per heavy atom. The molecule has 0 atom stereocenters. The predicted octanol–water partition coefficient (Wildman–Crippen LogP) is 4.81. The molecule has 0 bridgehead atoms. The minimum Gasteiger partial charge on any atom is -0.451 e. The van der Waals surface area contributed by atoms with E-state index >= 15 is 0 Å². The number of nitrogens with zero attached hydrogens (tertiary/aromatic N) is 2. The first-order valence-electron chi connectivity index (χ1n) is 8.48. The number of halogens is 1. The molecule has 0 unspecified atom stereocenters. The van der Waals surface area contributed by atoms with Gasteiger partial charge < -0.3 is 9.32 Å². The maximum absolute atomic E-state index is 12.2. The van der Waals surface area contributed by atoms with Crippen LogP contribution in [0.5, 0.6) is 0 Å². The number of hydrogen-bond acceptors (Lipinski definition) is 4. The first kappa shape index (κ1) is 18.2. The molecule has 1 N–H and O–H groups in total. The lowest BCUT2D eigenvalue weighted by molar-refractivity contribution is 0.0929. The molecule has 0 spiro atoms. The van der Waals surface area contributed by atoms with Crippen LogP contribution in [-0.2, 0) is 0 Å². The fraction of sp³-hybridized carbons (Fsp3) is 0.200. The number of fused-ring (bicyclic) bond motifs is 1. The number of amides is 1. The summed E-state index contributed by atoms with van der Waals surface area (Å²) in [5.41, 5.74) is 5.24. The summed E-state index contributed by atoms with van der Waals surface area (Å²) in [6.45, 7) is 6.19. The molecule has 0 radical (unpaired) electrons. The van der Waals surface area contributed by atoms with Crippen molar-refractivity contribution in [2.75, 3.05) is 18.0 Å². The van der Waals surface area contributed by atoms with Crippen molar-refractivity contribution in [3.05, 3.63) is 64.3 Å². The Labute approximate surface area is 160 Å². The zero-order valence-corrected chi connectivity index (χ0v) is 16.3. The summed E-state index contributed by atoms with van der Waals surface area (Å²) in [6.07, 6.45) is 1.61. The molecule has 0 aliphatic carbocycles. The van der Waals surface area contributed by atoms with Gasteiger partial charge in [0.15, 0.2) is 5.76 Å². The van der Waals surface area contributed by atoms with Crippen LogP contribution in [0.25, 0.3) is 11.0 Å². The lowest BCUT2D eigenvalue weighted by Crippen LogP contribution is -2.21. The first-order chi connectivity index (χ1) is 12.6. The van der Waals surface area contributed by atoms with E-state index in [1.807, 2.05) is 42.5 Å². The predicted molar refractivity (Wildman–Crippen MR) is 109 cm³/mol. The number of hydrogen-bond donors (Lipinski definition) is 1. The standard InChI is InChI=1S/C20H20BrN3O2/c1-3-24(4-2)17-8-5-14(6-9-17)13-22-23-20(25)19-12-15-11-16(21)7-10-18(15)26-19/h5-13H,3-4H2,1-2H3,(H,23,25)/b22-13+. The van der Waals surface area contributed by atoms with Crippen molar-refractivity contribution in [3.63, 3.8) is 0 Å². The van der Waals surface area contributed by atoms with Crippen LogP contribution in [-0.4, -0.2) is 25.2 Å². The Hall–Kier alpha value is -2.60. The third-order valence-electron chi connectivity index (χ3n) is 4.10. The zero-order chi connectivity index (χ0) is 18.5. The molecule has 1 amide bonds. The number of anilines is 1. The topological polar surface area (TPSA) is 57.8 Å². The highest BCUT2D eigenvalue weighted by Crippen LogP contribution is 2.23. The van der Waals surface area contributed by atoms with Crippen LogP contribution in [0.3, 0.4) is 0 Å². The maximum Gasteiger partial charge on any atom is 0.307 e. The van der Waals surface area contributed by atoms with E-state index in [-0.39, 0.29) is 11.7 Å². The number of furan rings is 1. The minimum atomic E-state index is -0.381. The molecule has 1 aromatic heterocycles. The van der Waals surface area contributed by atoms with Gasteiger partial charge in [-0.3, -0.25) is 4.79 Å². The van der Waals surface area contributed by atoms with E-state index in [1.54, 1.807) is 12.3 Å². The molecule has 0 saturated heterocycles. The van der Waals surface area contributed by atoms with Crippen molar-refractivity contribution in [2.45, 2.75) is 13.8 Å². The summed E-state index contributed by atoms with van der Waals surface area (Å²) in [5, 5.41) is 4.87. The summed E-state index contributed by atoms with van der Waals surface area (Å²) < 4.78 is 6.48. The molecule has 3 rings (SSSR count). The molecule has 0 aliphatic heterocycles. The fourth-order valence-electron chi connectivity index (χ4n) is 2.71. The van der Waals surface area contributed by atoms with Gasteiger partial charge in [-0.1, -0.05) is 28.1 Å². The van der Waals surface area contributed by atoms with Gasteiger partial charge in [0.05, 0.1) is 6.21 Å². The van der Waals surface area contributed by atoms with E-state index in [1.165, 1.54) is 5.69 Å². The number of carbonyl (C=O) groups is 1. The average molecular weight is 414 g/mol. The van der Waals surface area contributed by atoms with Gasteiger partial charge in [0.1, 0.15) is 5.58 Å². The highest BCUT2D eigenvalue weighted by Gasteiger charge is 2.11. The molecule has 1 heterocycles. The van der Waals surface area contributed by atoms with Crippen molar-refractivity contribution >= 4 is 44.7 Å². The van der Waals surface area contributed by atoms with Gasteiger partial charge in [0.25, 0.3) is 0 Å². The number of nitrogens with one attached hydrogen (secondary N) is 1. The monoisotopic (exact) mass is 413 g/mol. The zero-order valence-electron chi connectivity index (χ0n) is 14.7. The Morgan fingerprint density at radius 1 is 1.15 bits per heavy atom. The molecule has 0 aliphatic rings. The van der Waals surface area contributed by atoms with Gasteiger partial charge in [-0.2, -0.15) is 5.10 Å². The van der Waals surface area contributed by atoms with Crippen molar-refractivity contribution in [1.82, 2.24) is 5.43 Å². The normalized spacial score (nSPS) is 11.2. The quantitative estimate of drug-likeness (QED) is 0.466. The molecule has 0 saturated carbocycles. The summed E-state index contributed by atoms with van der Waals surface area (Å²) in [7, 11) is 0. The lowest BCUT2D eigenvalue weighted by Gasteiger charge is -2.20. The molecular weight excluding hydrogens is 394 g/mol. The molecule has 134 valence electrons. The molecular formula is C20H20BrN3O2. The second kappa shape index (κ2) is 8.19. The second-order valence-electron chi connectivity index (χ2n) is 5.76. The minimum absolute atomic E-state index is 0.229. The van der Waals surface area contributed by atoms with Crippen LogP contribution >= 0.6 is 15.9 Å². The van der Waals surface area contributed by atoms with Crippen molar-refractivity contribution in [3.8, 4) is 0 Å². The van der Waals surface area contributed by atoms with Gasteiger partial charge in [-0.05, 0) is 55.8 Å². The Morgan fingerprint density at radius 2 is 1.88 bits per heavy atom. The number of benzene rings is 2. The summed E-state index contributed by atoms with van der Waals surface area (Å²) in [6, 6.07) is 15.3. The number of carbonyl (C=O) groups excluding carboxylic acids is 1. The van der Waals surface area contributed by atoms with E-state index in [0.717, 1.165) is 28.5 Å². The van der Waals surface area contributed by atoms with E-state index in [0.29, 0.717) is 5.58 Å². The average Bonchev–Trinajstić information content (AvgIpc) is 3.07. The Bertz CT molecular complexity index is 928. The van der Waals surface area contributed by atoms with Crippen LogP contribution in [0.2, 0.25) is 0 Å². The van der Waals surface area contributed by atoms with E-state index in [2.05, 4.69) is 45.2 Å². The van der Waals surface area contributed by atoms with Crippen molar-refractivity contribution in [1.29, 1.82) is 0 Å². The van der Waals surface area contributed by atoms with Crippen LogP contribution in [0.15, 0.2) is 62.5 Å². The molecule has 5 nitrogen and oxygen atoms in total. The van der Waals surface area contributed by atoms with Gasteiger partial charge in [-0.25, -0.2) is 5.43 Å². The van der Waals surface area contributed by atoms with Gasteiger partial charge in [0.2, 0.25) is 0 Å². The van der Waals surface area contributed by atoms with Crippen LogP contribution in [0.1, 0.15) is 30.0 Å². The Kier molecular flexibility index (Phi) is 5.73. The van der Waals surface area contributed by atoms with Gasteiger partial charge >= 0.3 is 5.91 Å². The van der Waals surface area contributed by atoms with E-state index < -0.39 is 0 Å². The van der Waals surface area contributed by atoms with E-state index in [9.17, 15) is 4.79 Å². The van der Waals surface area contributed by atoms with Gasteiger partial charge in [0, 0.05) is 28.6 Å². The maximum atomic E-state index is 12.2. The molecule has 2 aromatic carbocycles. The van der Waals surface area contributed by atoms with E-state index in [4.69, 9.17) is 4.42 Å². The highest BCUT2D eigenvalue weighted by molar-refractivity contribution is 9.10. The van der Waals surface area contributed by atoms with Crippen molar-refractivity contribution in [2.24, 2.45) is 5.10 Å². The van der Waals surface area contributed by atoms with Crippen LogP contribution < -0.4 is 10.3 Å². The van der Waals surface area contributed by atoms with Crippen LogP contribution in [0.4, 0.5) is 5.69 Å². The van der Waals surface area contributed by atoms with Gasteiger partial charge in [-0.15, -0.1) is 0 Å². The second-order valence-corrected chi connectivity index (χ2v) is 6.67. The molecule has 0 fully saturated rings.